The number of nitrogens with zero attached hydrogens (tertiary/aromatic N) is 5. The van der Waals surface area contributed by atoms with E-state index in [1.807, 2.05) is 11.3 Å². The number of alkyl halides is 3. The van der Waals surface area contributed by atoms with E-state index in [1.54, 1.807) is 12.4 Å². The number of nitrogens with one attached hydrogen (secondary N) is 1. The van der Waals surface area contributed by atoms with Crippen LogP contribution in [0, 0.1) is 23.1 Å². The van der Waals surface area contributed by atoms with E-state index in [1.165, 1.54) is 0 Å². The molecule has 2 aliphatic heterocycles. The van der Waals surface area contributed by atoms with E-state index in [4.69, 9.17) is 15.5 Å². The third-order valence-corrected chi connectivity index (χ3v) is 7.54. The number of ether oxygens (including phenoxy) is 1. The molecular formula is C25H23F4N7O. The van der Waals surface area contributed by atoms with E-state index in [0.29, 0.717) is 35.3 Å². The van der Waals surface area contributed by atoms with Gasteiger partial charge in [0.2, 0.25) is 5.95 Å². The number of piperidine rings is 1. The summed E-state index contributed by atoms with van der Waals surface area (Å²) in [6.07, 6.45) is 0.619. The molecular weight excluding hydrogens is 490 g/mol. The molecule has 1 spiro atoms. The van der Waals surface area contributed by atoms with Crippen LogP contribution < -0.4 is 10.6 Å². The number of fused-ring (bicyclic) bond motifs is 3. The van der Waals surface area contributed by atoms with Crippen LogP contribution in [0.1, 0.15) is 36.6 Å². The quantitative estimate of drug-likeness (QED) is 0.299. The lowest BCUT2D eigenvalue weighted by Crippen LogP contribution is -2.51. The highest BCUT2D eigenvalue weighted by atomic mass is 19.4. The second-order valence-electron chi connectivity index (χ2n) is 9.66. The summed E-state index contributed by atoms with van der Waals surface area (Å²) in [5, 5.41) is 7.63. The van der Waals surface area contributed by atoms with Crippen molar-refractivity contribution in [2.45, 2.75) is 38.1 Å². The van der Waals surface area contributed by atoms with E-state index in [-0.39, 0.29) is 28.8 Å². The second kappa shape index (κ2) is 8.43. The van der Waals surface area contributed by atoms with Crippen LogP contribution in [0.3, 0.4) is 0 Å². The topological polar surface area (TPSA) is 97.4 Å². The molecule has 0 bridgehead atoms. The smallest absolute Gasteiger partial charge is 0.376 e. The normalized spacial score (nSPS) is 21.6. The molecule has 2 aliphatic rings. The summed E-state index contributed by atoms with van der Waals surface area (Å²) >= 11 is 0. The highest BCUT2D eigenvalue weighted by Gasteiger charge is 2.47. The van der Waals surface area contributed by atoms with Crippen LogP contribution in [-0.2, 0) is 10.9 Å². The van der Waals surface area contributed by atoms with Crippen LogP contribution in [0.2, 0.25) is 0 Å². The number of aromatic nitrogens is 5. The first-order valence-corrected chi connectivity index (χ1v) is 11.9. The van der Waals surface area contributed by atoms with Crippen LogP contribution in [0.25, 0.3) is 16.7 Å². The average molecular weight is 513 g/mol. The van der Waals surface area contributed by atoms with E-state index in [2.05, 4.69) is 31.9 Å². The molecule has 4 aromatic rings. The summed E-state index contributed by atoms with van der Waals surface area (Å²) in [5.74, 6) is 4.98. The van der Waals surface area contributed by atoms with Crippen molar-refractivity contribution >= 4 is 22.6 Å². The Morgan fingerprint density at radius 2 is 2.00 bits per heavy atom. The number of aromatic amines is 1. The molecule has 8 nitrogen and oxygen atoms in total. The highest BCUT2D eigenvalue weighted by Crippen LogP contribution is 2.42. The number of nitrogens with two attached hydrogens (primary N) is 1. The molecule has 0 radical (unpaired) electrons. The molecule has 37 heavy (non-hydrogen) atoms. The number of imidazole rings is 1. The van der Waals surface area contributed by atoms with Gasteiger partial charge in [-0.05, 0) is 43.9 Å². The van der Waals surface area contributed by atoms with Crippen LogP contribution >= 0.6 is 0 Å². The molecule has 0 amide bonds. The van der Waals surface area contributed by atoms with Gasteiger partial charge in [0.15, 0.2) is 11.3 Å². The standard InChI is InChI=1S/C25H23F4N7O/c1-14-20(30)24(13-37-14)6-9-35(10-7-24)23-32-21-19(22-31-8-11-36(22)23)18(33-34-21)5-3-15-2-4-16(12-17(15)26)25(27,28)29/h2,4,8,11-12,14,20H,6-7,9-10,13,30H2,1H3,(H,33,34)/t14-,20+/m0/s1. The zero-order valence-electron chi connectivity index (χ0n) is 19.8. The van der Waals surface area contributed by atoms with Crippen molar-refractivity contribution in [1.82, 2.24) is 24.6 Å². The van der Waals surface area contributed by atoms with Crippen molar-refractivity contribution < 1.29 is 22.3 Å². The van der Waals surface area contributed by atoms with E-state index in [9.17, 15) is 17.6 Å². The fourth-order valence-electron chi connectivity index (χ4n) is 5.29. The van der Waals surface area contributed by atoms with Crippen molar-refractivity contribution in [2.75, 3.05) is 24.6 Å². The fourth-order valence-corrected chi connectivity index (χ4v) is 5.29. The van der Waals surface area contributed by atoms with E-state index >= 15 is 0 Å². The largest absolute Gasteiger partial charge is 0.416 e. The van der Waals surface area contributed by atoms with Gasteiger partial charge in [-0.25, -0.2) is 9.37 Å². The Labute approximate surface area is 208 Å². The third-order valence-electron chi connectivity index (χ3n) is 7.54. The van der Waals surface area contributed by atoms with Gasteiger partial charge in [0.05, 0.1) is 29.2 Å². The SMILES string of the molecule is C[C@@H]1OCC2(CCN(c3nc4[nH]nc(C#Cc5ccc(C(F)(F)F)cc5F)c4c4nccn34)CC2)[C@@H]1N. The third kappa shape index (κ3) is 3.89. The van der Waals surface area contributed by atoms with Crippen molar-refractivity contribution in [3.05, 3.63) is 53.2 Å². The summed E-state index contributed by atoms with van der Waals surface area (Å²) in [6, 6.07) is 2.24. The molecule has 12 heteroatoms. The Hall–Kier alpha value is -3.69. The fraction of sp³-hybridized carbons (Fsp3) is 0.400. The monoisotopic (exact) mass is 513 g/mol. The molecule has 5 heterocycles. The van der Waals surface area contributed by atoms with Gasteiger partial charge in [-0.3, -0.25) is 9.50 Å². The van der Waals surface area contributed by atoms with E-state index in [0.717, 1.165) is 38.1 Å². The van der Waals surface area contributed by atoms with Crippen molar-refractivity contribution in [2.24, 2.45) is 11.1 Å². The number of hydrogen-bond acceptors (Lipinski definition) is 6. The Kier molecular flexibility index (Phi) is 5.40. The number of H-pyrrole nitrogens is 1. The minimum Gasteiger partial charge on any atom is -0.376 e. The first-order valence-electron chi connectivity index (χ1n) is 11.9. The number of halogens is 4. The van der Waals surface area contributed by atoms with Crippen LogP contribution in [0.5, 0.6) is 0 Å². The Bertz CT molecular complexity index is 1560. The van der Waals surface area contributed by atoms with Gasteiger partial charge in [0.1, 0.15) is 11.5 Å². The van der Waals surface area contributed by atoms with Crippen LogP contribution in [-0.4, -0.2) is 56.4 Å². The van der Waals surface area contributed by atoms with Gasteiger partial charge in [-0.1, -0.05) is 5.92 Å². The van der Waals surface area contributed by atoms with E-state index < -0.39 is 17.6 Å². The van der Waals surface area contributed by atoms with Crippen molar-refractivity contribution in [3.63, 3.8) is 0 Å². The van der Waals surface area contributed by atoms with Crippen LogP contribution in [0.15, 0.2) is 30.6 Å². The molecule has 0 saturated carbocycles. The number of rotatable bonds is 1. The molecule has 3 aromatic heterocycles. The number of anilines is 1. The maximum atomic E-state index is 14.3. The van der Waals surface area contributed by atoms with Crippen molar-refractivity contribution in [3.8, 4) is 11.8 Å². The Balaban J connectivity index is 1.32. The minimum absolute atomic E-state index is 0.00148. The molecule has 2 atom stereocenters. The van der Waals surface area contributed by atoms with Gasteiger partial charge in [0, 0.05) is 36.9 Å². The van der Waals surface area contributed by atoms with Gasteiger partial charge in [0.25, 0.3) is 0 Å². The highest BCUT2D eigenvalue weighted by molar-refractivity contribution is 5.94. The Morgan fingerprint density at radius 3 is 2.68 bits per heavy atom. The molecule has 2 saturated heterocycles. The first-order chi connectivity index (χ1) is 17.7. The zero-order valence-corrected chi connectivity index (χ0v) is 19.8. The lowest BCUT2D eigenvalue weighted by molar-refractivity contribution is -0.137. The number of benzene rings is 1. The number of hydrogen-bond donors (Lipinski definition) is 2. The van der Waals surface area contributed by atoms with Crippen LogP contribution in [0.4, 0.5) is 23.5 Å². The average Bonchev–Trinajstić information content (AvgIpc) is 3.58. The van der Waals surface area contributed by atoms with Gasteiger partial charge < -0.3 is 15.4 Å². The summed E-state index contributed by atoms with van der Waals surface area (Å²) in [5.41, 5.74) is 6.48. The summed E-state index contributed by atoms with van der Waals surface area (Å²) in [7, 11) is 0. The maximum Gasteiger partial charge on any atom is 0.416 e. The second-order valence-corrected chi connectivity index (χ2v) is 9.66. The predicted molar refractivity (Wildman–Crippen MR) is 127 cm³/mol. The minimum atomic E-state index is -4.63. The summed E-state index contributed by atoms with van der Waals surface area (Å²) in [4.78, 5) is 11.4. The summed E-state index contributed by atoms with van der Waals surface area (Å²) in [6.45, 7) is 4.19. The maximum absolute atomic E-state index is 14.3. The van der Waals surface area contributed by atoms with Gasteiger partial charge in [-0.2, -0.15) is 23.3 Å². The predicted octanol–water partition coefficient (Wildman–Crippen LogP) is 3.50. The molecule has 6 rings (SSSR count). The first kappa shape index (κ1) is 23.7. The molecule has 0 aliphatic carbocycles. The van der Waals surface area contributed by atoms with Gasteiger partial charge in [-0.15, -0.1) is 0 Å². The summed E-state index contributed by atoms with van der Waals surface area (Å²) < 4.78 is 60.4. The Morgan fingerprint density at radius 1 is 1.22 bits per heavy atom. The lowest BCUT2D eigenvalue weighted by atomic mass is 9.73. The van der Waals surface area contributed by atoms with Gasteiger partial charge >= 0.3 is 6.18 Å². The lowest BCUT2D eigenvalue weighted by Gasteiger charge is -2.41. The molecule has 192 valence electrons. The molecule has 0 unspecified atom stereocenters. The molecule has 3 N–H and O–H groups in total. The van der Waals surface area contributed by atoms with Crippen molar-refractivity contribution in [1.29, 1.82) is 0 Å². The molecule has 1 aromatic carbocycles. The zero-order chi connectivity index (χ0) is 25.9. The molecule has 2 fully saturated rings.